The number of ether oxygens (including phenoxy) is 1. The molecule has 2 aliphatic heterocycles. The highest BCUT2D eigenvalue weighted by Gasteiger charge is 2.51. The first-order valence-electron chi connectivity index (χ1n) is 36.8. The number of rotatable bonds is 13. The van der Waals surface area contributed by atoms with Gasteiger partial charge in [-0.05, 0) is 98.4 Å². The third kappa shape index (κ3) is 21.2. The summed E-state index contributed by atoms with van der Waals surface area (Å²) in [5.41, 5.74) is -2.02. The van der Waals surface area contributed by atoms with Gasteiger partial charge in [0.25, 0.3) is 0 Å². The molecule has 8 atom stereocenters. The van der Waals surface area contributed by atoms with Crippen LogP contribution in [0.3, 0.4) is 0 Å². The summed E-state index contributed by atoms with van der Waals surface area (Å²) in [6, 6.07) is -2.84. The van der Waals surface area contributed by atoms with Crippen molar-refractivity contribution in [1.29, 1.82) is 0 Å². The first-order valence-corrected chi connectivity index (χ1v) is 37.2. The lowest BCUT2D eigenvalue weighted by Crippen LogP contribution is -2.66. The van der Waals surface area contributed by atoms with E-state index in [1.807, 2.05) is 13.8 Å². The summed E-state index contributed by atoms with van der Waals surface area (Å²) in [5.74, 6) is -9.27. The number of nitrogens with zero attached hydrogens (tertiary/aromatic N) is 10. The molecule has 3 heterocycles. The van der Waals surface area contributed by atoms with Crippen LogP contribution in [-0.2, 0) is 81.3 Å². The Balaban J connectivity index is 1.33. The molecule has 5 fully saturated rings. The van der Waals surface area contributed by atoms with Gasteiger partial charge in [0, 0.05) is 88.3 Å². The minimum atomic E-state index is -4.79. The number of carbonyl (C=O) groups is 12. The summed E-state index contributed by atoms with van der Waals surface area (Å²) < 4.78 is 47.5. The van der Waals surface area contributed by atoms with Crippen molar-refractivity contribution in [3.8, 4) is 0 Å². The quantitative estimate of drug-likeness (QED) is 0.235. The van der Waals surface area contributed by atoms with E-state index >= 15 is 28.8 Å². The second-order valence-electron chi connectivity index (χ2n) is 29.4. The number of amides is 12. The number of aromatic nitrogens is 1. The van der Waals surface area contributed by atoms with Crippen LogP contribution >= 0.6 is 11.6 Å². The Morgan fingerprint density at radius 3 is 1.88 bits per heavy atom. The molecule has 1 aromatic heterocycles. The maximum atomic E-state index is 15.9. The Hall–Kier alpha value is -7.95. The van der Waals surface area contributed by atoms with Gasteiger partial charge in [-0.25, -0.2) is 0 Å². The number of hydrogen-bond acceptors (Lipinski definition) is 14. The van der Waals surface area contributed by atoms with E-state index in [0.29, 0.717) is 56.9 Å². The Morgan fingerprint density at radius 2 is 1.28 bits per heavy atom. The summed E-state index contributed by atoms with van der Waals surface area (Å²) in [6.07, 6.45) is 5.85. The highest BCUT2D eigenvalue weighted by Crippen LogP contribution is 2.38. The van der Waals surface area contributed by atoms with Gasteiger partial charge >= 0.3 is 6.18 Å². The van der Waals surface area contributed by atoms with Crippen molar-refractivity contribution < 1.29 is 75.4 Å². The molecule has 2 aromatic rings. The van der Waals surface area contributed by atoms with E-state index < -0.39 is 173 Å². The van der Waals surface area contributed by atoms with Gasteiger partial charge in [-0.2, -0.15) is 13.2 Å². The Labute approximate surface area is 614 Å². The van der Waals surface area contributed by atoms with E-state index in [1.54, 1.807) is 19.1 Å². The monoisotopic (exact) mass is 1480 g/mol. The van der Waals surface area contributed by atoms with Crippen LogP contribution in [0.15, 0.2) is 42.7 Å². The number of benzene rings is 1. The molecular weight excluding hydrogens is 1370 g/mol. The van der Waals surface area contributed by atoms with Crippen LogP contribution in [0.2, 0.25) is 5.02 Å². The average molecular weight is 1480 g/mol. The van der Waals surface area contributed by atoms with Crippen LogP contribution in [0.5, 0.6) is 0 Å². The van der Waals surface area contributed by atoms with Gasteiger partial charge in [0.15, 0.2) is 0 Å². The number of pyridine rings is 1. The predicted octanol–water partition coefficient (Wildman–Crippen LogP) is 5.11. The normalized spacial score (nSPS) is 25.6. The van der Waals surface area contributed by atoms with E-state index in [0.717, 1.165) is 63.8 Å². The van der Waals surface area contributed by atoms with Crippen LogP contribution in [0, 0.1) is 17.8 Å². The van der Waals surface area contributed by atoms with Crippen LogP contribution in [-0.4, -0.2) is 270 Å². The summed E-state index contributed by atoms with van der Waals surface area (Å²) in [5, 5.41) is 8.10. The number of aryl methyl sites for hydroxylation is 1. The zero-order valence-electron chi connectivity index (χ0n) is 62.4. The molecule has 12 amide bonds. The Morgan fingerprint density at radius 1 is 0.654 bits per heavy atom. The zero-order valence-corrected chi connectivity index (χ0v) is 63.2. The molecule has 104 heavy (non-hydrogen) atoms. The minimum absolute atomic E-state index is 0.00675. The highest BCUT2D eigenvalue weighted by atomic mass is 35.5. The second kappa shape index (κ2) is 37.8. The van der Waals surface area contributed by atoms with Gasteiger partial charge in [0.2, 0.25) is 70.9 Å². The molecule has 0 bridgehead atoms. The van der Waals surface area contributed by atoms with Crippen molar-refractivity contribution in [3.63, 3.8) is 0 Å². The Kier molecular flexibility index (Phi) is 30.3. The van der Waals surface area contributed by atoms with Crippen molar-refractivity contribution in [3.05, 3.63) is 64.4 Å². The molecule has 30 heteroatoms. The number of halogens is 4. The molecule has 576 valence electrons. The number of hydrogen-bond donors (Lipinski definition) is 3. The number of likely N-dealkylation sites (N-methyl/N-ethyl adjacent to an activating group) is 8. The molecule has 1 aromatic carbocycles. The molecule has 7 rings (SSSR count). The molecule has 0 unspecified atom stereocenters. The highest BCUT2D eigenvalue weighted by molar-refractivity contribution is 6.31. The number of morpholine rings is 1. The summed E-state index contributed by atoms with van der Waals surface area (Å²) in [7, 11) is 11.2. The predicted molar refractivity (Wildman–Crippen MR) is 381 cm³/mol. The van der Waals surface area contributed by atoms with Crippen molar-refractivity contribution in [2.45, 2.75) is 210 Å². The second-order valence-corrected chi connectivity index (χ2v) is 29.8. The van der Waals surface area contributed by atoms with Gasteiger partial charge in [0.1, 0.15) is 47.8 Å². The van der Waals surface area contributed by atoms with Crippen molar-refractivity contribution in [2.75, 3.05) is 102 Å². The number of carbonyl (C=O) groups excluding carboxylic acids is 12. The SMILES string of the molecule is CCC[C@H]1C(=O)N[C@@H]([C@@H](C)CC)C(=O)N(C)CC(=O)N(C)CC(=O)N(C)[C@@H](CC2CCCC2)C(=O)N(C)CC(=O)N[C@@H](CCc2ccc(C(F)(F)F)c(Cl)c2)C(=O)N(C)[C@@H](Cc2cccnc2)C(=O)NC2(CCCC2)C(=O)N(C)[C@@H](C2CCCCC2)C(=O)N(C)[C@H](C(=O)N2CCOCC2)CC(=O)N1C. The molecule has 26 nitrogen and oxygen atoms in total. The van der Waals surface area contributed by atoms with E-state index in [-0.39, 0.29) is 82.7 Å². The van der Waals surface area contributed by atoms with E-state index in [4.69, 9.17) is 16.3 Å². The smallest absolute Gasteiger partial charge is 0.378 e. The molecule has 1 spiro atoms. The molecule has 3 aliphatic carbocycles. The lowest BCUT2D eigenvalue weighted by Gasteiger charge is -2.43. The van der Waals surface area contributed by atoms with Gasteiger partial charge in [-0.15, -0.1) is 0 Å². The fraction of sp³-hybridized carbons (Fsp3) is 0.689. The fourth-order valence-electron chi connectivity index (χ4n) is 15.3. The van der Waals surface area contributed by atoms with Crippen molar-refractivity contribution >= 4 is 82.5 Å². The van der Waals surface area contributed by atoms with Gasteiger partial charge in [-0.1, -0.05) is 115 Å². The molecule has 3 saturated carbocycles. The van der Waals surface area contributed by atoms with Crippen LogP contribution in [0.1, 0.15) is 159 Å². The van der Waals surface area contributed by atoms with Crippen molar-refractivity contribution in [1.82, 2.24) is 65.0 Å². The Bertz CT molecular complexity index is 3370. The minimum Gasteiger partial charge on any atom is -0.378 e. The summed E-state index contributed by atoms with van der Waals surface area (Å²) in [4.78, 5) is 196. The maximum absolute atomic E-state index is 15.9. The molecule has 3 N–H and O–H groups in total. The third-order valence-electron chi connectivity index (χ3n) is 22.1. The van der Waals surface area contributed by atoms with Gasteiger partial charge < -0.3 is 64.8 Å². The largest absolute Gasteiger partial charge is 0.417 e. The van der Waals surface area contributed by atoms with Gasteiger partial charge in [0.05, 0.1) is 49.9 Å². The van der Waals surface area contributed by atoms with E-state index in [9.17, 15) is 41.9 Å². The molecular formula is C74H109ClF3N13O13. The topological polar surface area (TPSA) is 292 Å². The number of alkyl halides is 3. The van der Waals surface area contributed by atoms with Crippen molar-refractivity contribution in [2.24, 2.45) is 17.8 Å². The molecule has 0 radical (unpaired) electrons. The van der Waals surface area contributed by atoms with E-state index in [2.05, 4.69) is 20.9 Å². The first-order chi connectivity index (χ1) is 49.2. The molecule has 5 aliphatic rings. The van der Waals surface area contributed by atoms with Crippen LogP contribution in [0.25, 0.3) is 0 Å². The average Bonchev–Trinajstić information content (AvgIpc) is 1.29. The number of nitrogens with one attached hydrogen (secondary N) is 3. The summed E-state index contributed by atoms with van der Waals surface area (Å²) >= 11 is 6.19. The fourth-order valence-corrected chi connectivity index (χ4v) is 15.6. The maximum Gasteiger partial charge on any atom is 0.417 e. The third-order valence-corrected chi connectivity index (χ3v) is 22.4. The van der Waals surface area contributed by atoms with Crippen LogP contribution in [0.4, 0.5) is 13.2 Å². The lowest BCUT2D eigenvalue weighted by molar-refractivity contribution is -0.158. The first kappa shape index (κ1) is 83.3. The van der Waals surface area contributed by atoms with E-state index in [1.165, 1.54) is 99.3 Å². The van der Waals surface area contributed by atoms with Gasteiger partial charge in [-0.3, -0.25) is 62.5 Å². The lowest BCUT2D eigenvalue weighted by atomic mass is 9.81. The molecule has 2 saturated heterocycles. The summed E-state index contributed by atoms with van der Waals surface area (Å²) in [6.45, 7) is 4.28. The standard InChI is InChI=1S/C74H109ClF3N13O13/c1-12-22-55-65(96)81-63(47(3)13-2)70(101)85(6)45-61(94)83(4)46-62(95)87(8)57(40-48-23-17-18-24-48)68(99)84(5)44-59(92)80-54(31-29-49-28-30-52(53(75)39-49)74(76,77)78)67(98)88(9)56(41-50-25-21-34-79-43-50)66(97)82-73(32-19-20-33-73)72(103)90(11)64(51-26-15-14-16-27-51)71(102)89(10)58(42-60(93)86(55)7)69(100)91-35-37-104-38-36-91/h21,25,28,30,34,39,43,47-48,51,54-58,63-64H,12-20,22-24,26-27,29,31-33,35-38,40-42,44-46H2,1-11H3,(H,80,92)(H,81,96)(H,82,97)/t47-,54-,55-,56-,57-,58-,63-,64-/m0/s1. The zero-order chi connectivity index (χ0) is 76.5. The van der Waals surface area contributed by atoms with Crippen LogP contribution < -0.4 is 16.0 Å².